The van der Waals surface area contributed by atoms with Gasteiger partial charge in [-0.05, 0) is 13.8 Å². The molecule has 0 fully saturated rings. The number of thioether (sulfide) groups is 1. The van der Waals surface area contributed by atoms with E-state index in [2.05, 4.69) is 23.2 Å². The van der Waals surface area contributed by atoms with Gasteiger partial charge in [0.25, 0.3) is 0 Å². The highest BCUT2D eigenvalue weighted by molar-refractivity contribution is 8.00. The third kappa shape index (κ3) is 2.54. The second-order valence-electron chi connectivity index (χ2n) is 3.81. The SMILES string of the molecule is CCn1c(S[C@H](C)C#N)nnc1-c1ccccc1. The van der Waals surface area contributed by atoms with Gasteiger partial charge in [-0.1, -0.05) is 42.1 Å². The van der Waals surface area contributed by atoms with E-state index in [4.69, 9.17) is 5.26 Å². The number of hydrogen-bond acceptors (Lipinski definition) is 4. The molecule has 1 aromatic heterocycles. The lowest BCUT2D eigenvalue weighted by Gasteiger charge is -2.07. The fourth-order valence-electron chi connectivity index (χ4n) is 1.65. The van der Waals surface area contributed by atoms with Crippen LogP contribution in [0.25, 0.3) is 11.4 Å². The van der Waals surface area contributed by atoms with Crippen LogP contribution < -0.4 is 0 Å². The summed E-state index contributed by atoms with van der Waals surface area (Å²) in [4.78, 5) is 0. The van der Waals surface area contributed by atoms with Gasteiger partial charge in [-0.15, -0.1) is 10.2 Å². The maximum atomic E-state index is 8.86. The maximum absolute atomic E-state index is 8.86. The van der Waals surface area contributed by atoms with Gasteiger partial charge >= 0.3 is 0 Å². The minimum atomic E-state index is -0.122. The number of nitrogens with zero attached hydrogens (tertiary/aromatic N) is 4. The van der Waals surface area contributed by atoms with E-state index < -0.39 is 0 Å². The molecule has 2 aromatic rings. The second-order valence-corrected chi connectivity index (χ2v) is 5.11. The summed E-state index contributed by atoms with van der Waals surface area (Å²) in [6.45, 7) is 4.70. The molecular formula is C13H14N4S. The Hall–Kier alpha value is -1.80. The summed E-state index contributed by atoms with van der Waals surface area (Å²) in [7, 11) is 0. The van der Waals surface area contributed by atoms with Gasteiger partial charge in [0.1, 0.15) is 0 Å². The van der Waals surface area contributed by atoms with Crippen molar-refractivity contribution in [1.29, 1.82) is 5.26 Å². The molecule has 0 saturated carbocycles. The fourth-order valence-corrected chi connectivity index (χ4v) is 2.45. The molecule has 1 atom stereocenters. The monoisotopic (exact) mass is 258 g/mol. The molecule has 1 aromatic carbocycles. The lowest BCUT2D eigenvalue weighted by Crippen LogP contribution is -2.02. The van der Waals surface area contributed by atoms with Crippen molar-refractivity contribution in [3.8, 4) is 17.5 Å². The van der Waals surface area contributed by atoms with Crippen molar-refractivity contribution in [1.82, 2.24) is 14.8 Å². The highest BCUT2D eigenvalue weighted by Crippen LogP contribution is 2.26. The summed E-state index contributed by atoms with van der Waals surface area (Å²) in [6, 6.07) is 12.2. The standard InChI is InChI=1S/C13H14N4S/c1-3-17-12(11-7-5-4-6-8-11)15-16-13(17)18-10(2)9-14/h4-8,10H,3H2,1-2H3/t10-/m1/s1. The molecule has 0 radical (unpaired) electrons. The summed E-state index contributed by atoms with van der Waals surface area (Å²) in [5, 5.41) is 17.9. The zero-order chi connectivity index (χ0) is 13.0. The van der Waals surface area contributed by atoms with Crippen LogP contribution in [0.5, 0.6) is 0 Å². The number of rotatable bonds is 4. The molecule has 0 aliphatic rings. The first kappa shape index (κ1) is 12.7. The van der Waals surface area contributed by atoms with Crippen LogP contribution in [-0.4, -0.2) is 20.0 Å². The second kappa shape index (κ2) is 5.69. The van der Waals surface area contributed by atoms with E-state index in [1.54, 1.807) is 0 Å². The molecular weight excluding hydrogens is 244 g/mol. The van der Waals surface area contributed by atoms with Crippen LogP contribution in [0.3, 0.4) is 0 Å². The average molecular weight is 258 g/mol. The molecule has 2 rings (SSSR count). The van der Waals surface area contributed by atoms with E-state index >= 15 is 0 Å². The van der Waals surface area contributed by atoms with Gasteiger partial charge in [-0.25, -0.2) is 0 Å². The third-order valence-electron chi connectivity index (χ3n) is 2.53. The minimum Gasteiger partial charge on any atom is -0.302 e. The van der Waals surface area contributed by atoms with E-state index in [-0.39, 0.29) is 5.25 Å². The van der Waals surface area contributed by atoms with Crippen LogP contribution in [0.2, 0.25) is 0 Å². The van der Waals surface area contributed by atoms with Gasteiger partial charge in [0, 0.05) is 12.1 Å². The summed E-state index contributed by atoms with van der Waals surface area (Å²) in [5.74, 6) is 0.853. The van der Waals surface area contributed by atoms with Gasteiger partial charge in [0.2, 0.25) is 0 Å². The topological polar surface area (TPSA) is 54.5 Å². The Morgan fingerprint density at radius 2 is 2.06 bits per heavy atom. The van der Waals surface area contributed by atoms with Crippen LogP contribution >= 0.6 is 11.8 Å². The van der Waals surface area contributed by atoms with E-state index in [1.807, 2.05) is 41.8 Å². The van der Waals surface area contributed by atoms with Gasteiger partial charge in [-0.3, -0.25) is 0 Å². The Morgan fingerprint density at radius 1 is 1.33 bits per heavy atom. The number of benzene rings is 1. The van der Waals surface area contributed by atoms with Crippen LogP contribution in [-0.2, 0) is 6.54 Å². The molecule has 18 heavy (non-hydrogen) atoms. The van der Waals surface area contributed by atoms with Gasteiger partial charge in [-0.2, -0.15) is 5.26 Å². The summed E-state index contributed by atoms with van der Waals surface area (Å²) >= 11 is 1.44. The molecule has 0 saturated heterocycles. The number of hydrogen-bond donors (Lipinski definition) is 0. The van der Waals surface area contributed by atoms with Crippen LogP contribution in [0.4, 0.5) is 0 Å². The molecule has 0 unspecified atom stereocenters. The Balaban J connectivity index is 2.37. The molecule has 5 heteroatoms. The predicted molar refractivity (Wildman–Crippen MR) is 72.1 cm³/mol. The fraction of sp³-hybridized carbons (Fsp3) is 0.308. The smallest absolute Gasteiger partial charge is 0.192 e. The molecule has 92 valence electrons. The largest absolute Gasteiger partial charge is 0.302 e. The Morgan fingerprint density at radius 3 is 2.67 bits per heavy atom. The van der Waals surface area contributed by atoms with Crippen molar-refractivity contribution in [3.05, 3.63) is 30.3 Å². The zero-order valence-corrected chi connectivity index (χ0v) is 11.2. The van der Waals surface area contributed by atoms with E-state index in [0.717, 1.165) is 23.1 Å². The average Bonchev–Trinajstić information content (AvgIpc) is 2.82. The molecule has 1 heterocycles. The Labute approximate surface area is 111 Å². The van der Waals surface area contributed by atoms with Crippen molar-refractivity contribution in [2.75, 3.05) is 0 Å². The summed E-state index contributed by atoms with van der Waals surface area (Å²) in [5.41, 5.74) is 1.04. The summed E-state index contributed by atoms with van der Waals surface area (Å²) < 4.78 is 2.04. The summed E-state index contributed by atoms with van der Waals surface area (Å²) in [6.07, 6.45) is 0. The van der Waals surface area contributed by atoms with Gasteiger partial charge < -0.3 is 4.57 Å². The first-order chi connectivity index (χ1) is 8.76. The Kier molecular flexibility index (Phi) is 4.00. The van der Waals surface area contributed by atoms with Gasteiger partial charge in [0.15, 0.2) is 11.0 Å². The van der Waals surface area contributed by atoms with Crippen molar-refractivity contribution in [3.63, 3.8) is 0 Å². The molecule has 0 bridgehead atoms. The van der Waals surface area contributed by atoms with Crippen molar-refractivity contribution >= 4 is 11.8 Å². The minimum absolute atomic E-state index is 0.122. The zero-order valence-electron chi connectivity index (χ0n) is 10.4. The molecule has 0 amide bonds. The van der Waals surface area contributed by atoms with E-state index in [9.17, 15) is 0 Å². The normalized spacial score (nSPS) is 12.1. The molecule has 0 spiro atoms. The lowest BCUT2D eigenvalue weighted by atomic mass is 10.2. The number of aromatic nitrogens is 3. The van der Waals surface area contributed by atoms with Gasteiger partial charge in [0.05, 0.1) is 11.3 Å². The van der Waals surface area contributed by atoms with Crippen LogP contribution in [0.1, 0.15) is 13.8 Å². The predicted octanol–water partition coefficient (Wildman–Crippen LogP) is 2.97. The number of nitriles is 1. The van der Waals surface area contributed by atoms with Crippen molar-refractivity contribution in [2.45, 2.75) is 30.8 Å². The van der Waals surface area contributed by atoms with Crippen molar-refractivity contribution in [2.24, 2.45) is 0 Å². The maximum Gasteiger partial charge on any atom is 0.192 e. The van der Waals surface area contributed by atoms with E-state index in [0.29, 0.717) is 0 Å². The van der Waals surface area contributed by atoms with Crippen LogP contribution in [0.15, 0.2) is 35.5 Å². The van der Waals surface area contributed by atoms with E-state index in [1.165, 1.54) is 11.8 Å². The van der Waals surface area contributed by atoms with Crippen molar-refractivity contribution < 1.29 is 0 Å². The Bertz CT molecular complexity index is 556. The highest BCUT2D eigenvalue weighted by Gasteiger charge is 2.15. The quantitative estimate of drug-likeness (QED) is 0.791. The highest BCUT2D eigenvalue weighted by atomic mass is 32.2. The first-order valence-electron chi connectivity index (χ1n) is 5.81. The molecule has 0 aliphatic carbocycles. The van der Waals surface area contributed by atoms with Crippen LogP contribution in [0, 0.1) is 11.3 Å². The molecule has 0 aliphatic heterocycles. The molecule has 0 N–H and O–H groups in total. The molecule has 4 nitrogen and oxygen atoms in total. The first-order valence-corrected chi connectivity index (χ1v) is 6.69. The third-order valence-corrected chi connectivity index (χ3v) is 3.50. The lowest BCUT2D eigenvalue weighted by molar-refractivity contribution is 0.687.